The van der Waals surface area contributed by atoms with Crippen molar-refractivity contribution in [2.45, 2.75) is 0 Å². The average molecular weight is 233 g/mol. The van der Waals surface area contributed by atoms with Gasteiger partial charge in [0.05, 0.1) is 10.7 Å². The van der Waals surface area contributed by atoms with E-state index in [-0.39, 0.29) is 5.78 Å². The number of pyridine rings is 1. The van der Waals surface area contributed by atoms with Gasteiger partial charge >= 0.3 is 0 Å². The van der Waals surface area contributed by atoms with Crippen molar-refractivity contribution in [1.29, 1.82) is 0 Å². The summed E-state index contributed by atoms with van der Waals surface area (Å²) in [4.78, 5) is 15.9. The maximum atomic E-state index is 11.9. The van der Waals surface area contributed by atoms with Gasteiger partial charge in [0.15, 0.2) is 0 Å². The summed E-state index contributed by atoms with van der Waals surface area (Å²) < 4.78 is 0. The molecule has 1 aromatic heterocycles. The molecule has 2 N–H and O–H groups in total. The number of nitrogen functional groups attached to an aromatic ring is 1. The number of rotatable bonds is 2. The Hall–Kier alpha value is -1.87. The monoisotopic (exact) mass is 232 g/mol. The molecule has 1 heterocycles. The average Bonchev–Trinajstić information content (AvgIpc) is 2.33. The largest absolute Gasteiger partial charge is 0.398 e. The van der Waals surface area contributed by atoms with Crippen LogP contribution in [0.15, 0.2) is 42.6 Å². The lowest BCUT2D eigenvalue weighted by atomic mass is 10.1. The predicted molar refractivity (Wildman–Crippen MR) is 63.5 cm³/mol. The van der Waals surface area contributed by atoms with Crippen LogP contribution in [0.1, 0.15) is 16.1 Å². The molecule has 0 amide bonds. The molecule has 80 valence electrons. The van der Waals surface area contributed by atoms with E-state index in [1.165, 1.54) is 0 Å². The molecule has 0 fully saturated rings. The summed E-state index contributed by atoms with van der Waals surface area (Å²) in [5.41, 5.74) is 6.90. The van der Waals surface area contributed by atoms with Crippen LogP contribution in [0, 0.1) is 0 Å². The molecule has 0 atom stereocenters. The van der Waals surface area contributed by atoms with Gasteiger partial charge in [-0.2, -0.15) is 0 Å². The Labute approximate surface area is 97.9 Å². The van der Waals surface area contributed by atoms with Gasteiger partial charge in [0.2, 0.25) is 5.78 Å². The molecule has 4 heteroatoms. The first-order valence-corrected chi connectivity index (χ1v) is 5.07. The number of nitrogens with two attached hydrogens (primary N) is 1. The maximum Gasteiger partial charge on any atom is 0.211 e. The standard InChI is InChI=1S/C12H9ClN2O/c13-9-7-8(4-5-10(9)14)12(16)11-3-1-2-6-15-11/h1-7H,14H2. The minimum atomic E-state index is -0.164. The smallest absolute Gasteiger partial charge is 0.211 e. The van der Waals surface area contributed by atoms with Crippen LogP contribution in [-0.4, -0.2) is 10.8 Å². The van der Waals surface area contributed by atoms with Crippen molar-refractivity contribution in [2.24, 2.45) is 0 Å². The Bertz CT molecular complexity index is 526. The van der Waals surface area contributed by atoms with Crippen LogP contribution < -0.4 is 5.73 Å². The first-order valence-electron chi connectivity index (χ1n) is 4.69. The van der Waals surface area contributed by atoms with Crippen molar-refractivity contribution >= 4 is 23.1 Å². The van der Waals surface area contributed by atoms with Gasteiger partial charge in [-0.3, -0.25) is 9.78 Å². The summed E-state index contributed by atoms with van der Waals surface area (Å²) in [6.07, 6.45) is 1.58. The highest BCUT2D eigenvalue weighted by molar-refractivity contribution is 6.33. The molecule has 0 spiro atoms. The highest BCUT2D eigenvalue weighted by atomic mass is 35.5. The third kappa shape index (κ3) is 2.04. The summed E-state index contributed by atoms with van der Waals surface area (Å²) in [5, 5.41) is 0.377. The van der Waals surface area contributed by atoms with Crippen LogP contribution in [0.4, 0.5) is 5.69 Å². The Kier molecular flexibility index (Phi) is 2.88. The van der Waals surface area contributed by atoms with E-state index in [2.05, 4.69) is 4.98 Å². The van der Waals surface area contributed by atoms with Crippen molar-refractivity contribution in [3.63, 3.8) is 0 Å². The zero-order chi connectivity index (χ0) is 11.5. The fourth-order valence-electron chi connectivity index (χ4n) is 1.31. The lowest BCUT2D eigenvalue weighted by Crippen LogP contribution is -2.03. The molecule has 0 unspecified atom stereocenters. The first kappa shape index (κ1) is 10.6. The molecule has 0 aliphatic heterocycles. The molecule has 0 bridgehead atoms. The molecule has 0 aliphatic carbocycles. The van der Waals surface area contributed by atoms with E-state index in [0.29, 0.717) is 22.0 Å². The minimum absolute atomic E-state index is 0.164. The molecule has 2 aromatic rings. The summed E-state index contributed by atoms with van der Waals surface area (Å²) in [6.45, 7) is 0. The second-order valence-corrected chi connectivity index (χ2v) is 3.69. The van der Waals surface area contributed by atoms with Crippen molar-refractivity contribution in [1.82, 2.24) is 4.98 Å². The van der Waals surface area contributed by atoms with E-state index in [1.54, 1.807) is 42.6 Å². The van der Waals surface area contributed by atoms with Gasteiger partial charge in [0, 0.05) is 11.8 Å². The summed E-state index contributed by atoms with van der Waals surface area (Å²) in [7, 11) is 0. The van der Waals surface area contributed by atoms with Crippen LogP contribution in [0.3, 0.4) is 0 Å². The summed E-state index contributed by atoms with van der Waals surface area (Å²) in [5.74, 6) is -0.164. The Morgan fingerprint density at radius 1 is 1.25 bits per heavy atom. The number of carbonyl (C=O) groups excluding carboxylic acids is 1. The molecule has 0 aliphatic rings. The number of nitrogens with zero attached hydrogens (tertiary/aromatic N) is 1. The lowest BCUT2D eigenvalue weighted by molar-refractivity contribution is 0.103. The van der Waals surface area contributed by atoms with Gasteiger partial charge in [-0.25, -0.2) is 0 Å². The van der Waals surface area contributed by atoms with Gasteiger partial charge in [0.25, 0.3) is 0 Å². The molecule has 1 aromatic carbocycles. The molecule has 0 saturated carbocycles. The maximum absolute atomic E-state index is 11.9. The van der Waals surface area contributed by atoms with Gasteiger partial charge in [-0.15, -0.1) is 0 Å². The Morgan fingerprint density at radius 3 is 2.69 bits per heavy atom. The second kappa shape index (κ2) is 4.33. The van der Waals surface area contributed by atoms with E-state index in [0.717, 1.165) is 0 Å². The third-order valence-corrected chi connectivity index (χ3v) is 2.49. The van der Waals surface area contributed by atoms with E-state index in [4.69, 9.17) is 17.3 Å². The van der Waals surface area contributed by atoms with Gasteiger partial charge in [-0.05, 0) is 30.3 Å². The van der Waals surface area contributed by atoms with Crippen molar-refractivity contribution in [3.05, 3.63) is 58.9 Å². The van der Waals surface area contributed by atoms with Crippen LogP contribution in [0.5, 0.6) is 0 Å². The number of carbonyl (C=O) groups is 1. The van der Waals surface area contributed by atoms with Crippen molar-refractivity contribution in [2.75, 3.05) is 5.73 Å². The number of hydrogen-bond donors (Lipinski definition) is 1. The number of anilines is 1. The van der Waals surface area contributed by atoms with Crippen LogP contribution in [0.25, 0.3) is 0 Å². The highest BCUT2D eigenvalue weighted by Gasteiger charge is 2.10. The lowest BCUT2D eigenvalue weighted by Gasteiger charge is -2.02. The number of aromatic nitrogens is 1. The van der Waals surface area contributed by atoms with Crippen molar-refractivity contribution < 1.29 is 4.79 Å². The normalized spacial score (nSPS) is 10.1. The summed E-state index contributed by atoms with van der Waals surface area (Å²) >= 11 is 5.85. The Morgan fingerprint density at radius 2 is 2.06 bits per heavy atom. The first-order chi connectivity index (χ1) is 7.68. The molecule has 16 heavy (non-hydrogen) atoms. The minimum Gasteiger partial charge on any atom is -0.398 e. The van der Waals surface area contributed by atoms with E-state index >= 15 is 0 Å². The van der Waals surface area contributed by atoms with Crippen LogP contribution in [-0.2, 0) is 0 Å². The fourth-order valence-corrected chi connectivity index (χ4v) is 1.49. The number of ketones is 1. The Balaban J connectivity index is 2.39. The zero-order valence-electron chi connectivity index (χ0n) is 8.35. The molecule has 0 saturated heterocycles. The fraction of sp³-hybridized carbons (Fsp3) is 0. The quantitative estimate of drug-likeness (QED) is 0.640. The van der Waals surface area contributed by atoms with E-state index in [1.807, 2.05) is 0 Å². The molecular weight excluding hydrogens is 224 g/mol. The predicted octanol–water partition coefficient (Wildman–Crippen LogP) is 2.55. The number of halogens is 1. The van der Waals surface area contributed by atoms with Crippen LogP contribution >= 0.6 is 11.6 Å². The third-order valence-electron chi connectivity index (χ3n) is 2.16. The highest BCUT2D eigenvalue weighted by Crippen LogP contribution is 2.20. The van der Waals surface area contributed by atoms with Crippen LogP contribution in [0.2, 0.25) is 5.02 Å². The zero-order valence-corrected chi connectivity index (χ0v) is 9.11. The summed E-state index contributed by atoms with van der Waals surface area (Å²) in [6, 6.07) is 9.98. The van der Waals surface area contributed by atoms with Crippen molar-refractivity contribution in [3.8, 4) is 0 Å². The topological polar surface area (TPSA) is 56.0 Å². The molecule has 0 radical (unpaired) electrons. The van der Waals surface area contributed by atoms with Gasteiger partial charge < -0.3 is 5.73 Å². The number of hydrogen-bond acceptors (Lipinski definition) is 3. The van der Waals surface area contributed by atoms with Gasteiger partial charge in [-0.1, -0.05) is 17.7 Å². The van der Waals surface area contributed by atoms with E-state index < -0.39 is 0 Å². The number of benzene rings is 1. The van der Waals surface area contributed by atoms with E-state index in [9.17, 15) is 4.79 Å². The molecular formula is C12H9ClN2O. The second-order valence-electron chi connectivity index (χ2n) is 3.28. The SMILES string of the molecule is Nc1ccc(C(=O)c2ccccn2)cc1Cl. The molecule has 2 rings (SSSR count). The molecule has 3 nitrogen and oxygen atoms in total. The van der Waals surface area contributed by atoms with Gasteiger partial charge in [0.1, 0.15) is 5.69 Å².